The van der Waals surface area contributed by atoms with E-state index in [-0.39, 0.29) is 11.5 Å². The summed E-state index contributed by atoms with van der Waals surface area (Å²) < 4.78 is 3.60. The zero-order valence-corrected chi connectivity index (χ0v) is 10.2. The molecule has 1 heterocycles. The van der Waals surface area contributed by atoms with Crippen LogP contribution in [0.2, 0.25) is 0 Å². The van der Waals surface area contributed by atoms with Crippen molar-refractivity contribution in [3.05, 3.63) is 40.4 Å². The molecule has 7 heteroatoms. The number of carbonyl (C=O) groups excluding carboxylic acids is 1. The molecule has 1 aromatic carbocycles. The van der Waals surface area contributed by atoms with Gasteiger partial charge < -0.3 is 10.4 Å². The monoisotopic (exact) mass is 263 g/mol. The molecular weight excluding hydrogens is 254 g/mol. The highest BCUT2D eigenvalue weighted by Crippen LogP contribution is 2.18. The van der Waals surface area contributed by atoms with Crippen molar-refractivity contribution in [3.63, 3.8) is 0 Å². The largest absolute Gasteiger partial charge is 0.478 e. The number of aromatic nitrogens is 2. The number of nitrogens with one attached hydrogen (secondary N) is 1. The molecule has 6 nitrogen and oxygen atoms in total. The number of benzene rings is 1. The number of hydrogen-bond acceptors (Lipinski definition) is 5. The topological polar surface area (TPSA) is 92.2 Å². The third-order valence-electron chi connectivity index (χ3n) is 2.31. The maximum atomic E-state index is 11.7. The standard InChI is InChI=1S/C11H9N3O3S/c1-6-4-7(11(16)17)2-3-8(6)13-10(15)9-5-12-14-18-9/h2-5H,1H3,(H,13,15)(H,16,17). The van der Waals surface area contributed by atoms with Gasteiger partial charge in [0.1, 0.15) is 4.88 Å². The van der Waals surface area contributed by atoms with Crippen LogP contribution in [0.1, 0.15) is 25.6 Å². The Bertz CT molecular complexity index is 596. The average Bonchev–Trinajstić information content (AvgIpc) is 2.85. The van der Waals surface area contributed by atoms with Gasteiger partial charge in [-0.25, -0.2) is 4.79 Å². The van der Waals surface area contributed by atoms with Gasteiger partial charge >= 0.3 is 5.97 Å². The SMILES string of the molecule is Cc1cc(C(=O)O)ccc1NC(=O)c1cnns1. The summed E-state index contributed by atoms with van der Waals surface area (Å²) in [6, 6.07) is 4.50. The number of hydrogen-bond donors (Lipinski definition) is 2. The summed E-state index contributed by atoms with van der Waals surface area (Å²) >= 11 is 0.997. The third kappa shape index (κ3) is 2.51. The summed E-state index contributed by atoms with van der Waals surface area (Å²) in [6.07, 6.45) is 1.38. The number of amides is 1. The molecule has 0 fully saturated rings. The van der Waals surface area contributed by atoms with Gasteiger partial charge in [0.25, 0.3) is 5.91 Å². The van der Waals surface area contributed by atoms with E-state index >= 15 is 0 Å². The molecule has 0 aliphatic carbocycles. The summed E-state index contributed by atoms with van der Waals surface area (Å²) in [5.74, 6) is -1.31. The molecule has 0 spiro atoms. The number of carbonyl (C=O) groups is 2. The molecule has 2 N–H and O–H groups in total. The second kappa shape index (κ2) is 4.92. The summed E-state index contributed by atoms with van der Waals surface area (Å²) in [6.45, 7) is 1.73. The lowest BCUT2D eigenvalue weighted by atomic mass is 10.1. The lowest BCUT2D eigenvalue weighted by Crippen LogP contribution is -2.11. The van der Waals surface area contributed by atoms with Gasteiger partial charge in [0.2, 0.25) is 0 Å². The predicted octanol–water partition coefficient (Wildman–Crippen LogP) is 1.80. The van der Waals surface area contributed by atoms with Gasteiger partial charge in [0.15, 0.2) is 0 Å². The Kier molecular flexibility index (Phi) is 3.33. The van der Waals surface area contributed by atoms with Crippen LogP contribution in [-0.2, 0) is 0 Å². The molecule has 0 atom stereocenters. The van der Waals surface area contributed by atoms with Crippen molar-refractivity contribution in [1.82, 2.24) is 9.59 Å². The first-order valence-corrected chi connectivity index (χ1v) is 5.78. The van der Waals surface area contributed by atoms with Gasteiger partial charge in [0, 0.05) is 5.69 Å². The van der Waals surface area contributed by atoms with Crippen molar-refractivity contribution in [1.29, 1.82) is 0 Å². The zero-order chi connectivity index (χ0) is 13.1. The summed E-state index contributed by atoms with van der Waals surface area (Å²) in [7, 11) is 0. The van der Waals surface area contributed by atoms with Crippen LogP contribution in [0.4, 0.5) is 5.69 Å². The third-order valence-corrected chi connectivity index (χ3v) is 2.97. The van der Waals surface area contributed by atoms with Crippen LogP contribution in [0.3, 0.4) is 0 Å². The quantitative estimate of drug-likeness (QED) is 0.880. The smallest absolute Gasteiger partial charge is 0.335 e. The lowest BCUT2D eigenvalue weighted by molar-refractivity contribution is 0.0696. The van der Waals surface area contributed by atoms with Crippen molar-refractivity contribution in [2.45, 2.75) is 6.92 Å². The van der Waals surface area contributed by atoms with E-state index in [1.807, 2.05) is 0 Å². The molecule has 2 rings (SSSR count). The molecule has 0 radical (unpaired) electrons. The molecule has 1 amide bonds. The van der Waals surface area contributed by atoms with E-state index in [1.165, 1.54) is 18.3 Å². The van der Waals surface area contributed by atoms with Crippen LogP contribution in [-0.4, -0.2) is 26.6 Å². The van der Waals surface area contributed by atoms with E-state index in [1.54, 1.807) is 13.0 Å². The van der Waals surface area contributed by atoms with Gasteiger partial charge in [-0.15, -0.1) is 5.10 Å². The van der Waals surface area contributed by atoms with E-state index in [2.05, 4.69) is 14.9 Å². The Balaban J connectivity index is 2.20. The van der Waals surface area contributed by atoms with Crippen LogP contribution in [0.15, 0.2) is 24.4 Å². The second-order valence-electron chi connectivity index (χ2n) is 3.57. The van der Waals surface area contributed by atoms with Crippen LogP contribution >= 0.6 is 11.5 Å². The Morgan fingerprint density at radius 2 is 2.17 bits per heavy atom. The van der Waals surface area contributed by atoms with Gasteiger partial charge in [-0.2, -0.15) is 0 Å². The highest BCUT2D eigenvalue weighted by molar-refractivity contribution is 7.07. The molecule has 0 unspecified atom stereocenters. The van der Waals surface area contributed by atoms with Crippen molar-refractivity contribution in [2.24, 2.45) is 0 Å². The van der Waals surface area contributed by atoms with Crippen molar-refractivity contribution in [2.75, 3.05) is 5.32 Å². The average molecular weight is 263 g/mol. The molecule has 0 bridgehead atoms. The Labute approximate surface area is 106 Å². The summed E-state index contributed by atoms with van der Waals surface area (Å²) in [4.78, 5) is 22.9. The zero-order valence-electron chi connectivity index (χ0n) is 9.38. The molecule has 1 aromatic heterocycles. The fraction of sp³-hybridized carbons (Fsp3) is 0.0909. The lowest BCUT2D eigenvalue weighted by Gasteiger charge is -2.07. The van der Waals surface area contributed by atoms with E-state index in [0.29, 0.717) is 16.1 Å². The van der Waals surface area contributed by atoms with Crippen LogP contribution < -0.4 is 5.32 Å². The minimum atomic E-state index is -0.998. The molecule has 0 aliphatic heterocycles. The van der Waals surface area contributed by atoms with Crippen molar-refractivity contribution >= 4 is 29.1 Å². The van der Waals surface area contributed by atoms with Gasteiger partial charge in [0.05, 0.1) is 11.8 Å². The predicted molar refractivity (Wildman–Crippen MR) is 66.0 cm³/mol. The van der Waals surface area contributed by atoms with Crippen molar-refractivity contribution in [3.8, 4) is 0 Å². The van der Waals surface area contributed by atoms with Gasteiger partial charge in [-0.05, 0) is 42.2 Å². The molecular formula is C11H9N3O3S. The number of aromatic carboxylic acids is 1. The van der Waals surface area contributed by atoms with E-state index in [0.717, 1.165) is 11.5 Å². The van der Waals surface area contributed by atoms with Crippen LogP contribution in [0, 0.1) is 6.92 Å². The Morgan fingerprint density at radius 1 is 1.39 bits per heavy atom. The molecule has 18 heavy (non-hydrogen) atoms. The fourth-order valence-corrected chi connectivity index (χ4v) is 1.80. The highest BCUT2D eigenvalue weighted by Gasteiger charge is 2.11. The summed E-state index contributed by atoms with van der Waals surface area (Å²) in [5, 5.41) is 15.1. The Morgan fingerprint density at radius 3 is 2.72 bits per heavy atom. The first-order chi connectivity index (χ1) is 8.58. The molecule has 0 saturated carbocycles. The fourth-order valence-electron chi connectivity index (χ4n) is 1.39. The van der Waals surface area contributed by atoms with Crippen molar-refractivity contribution < 1.29 is 14.7 Å². The van der Waals surface area contributed by atoms with Gasteiger partial charge in [-0.1, -0.05) is 4.49 Å². The maximum absolute atomic E-state index is 11.7. The van der Waals surface area contributed by atoms with Crippen LogP contribution in [0.25, 0.3) is 0 Å². The molecule has 0 aliphatic rings. The molecule has 2 aromatic rings. The second-order valence-corrected chi connectivity index (χ2v) is 4.36. The highest BCUT2D eigenvalue weighted by atomic mass is 32.1. The van der Waals surface area contributed by atoms with E-state index in [9.17, 15) is 9.59 Å². The Hall–Kier alpha value is -2.28. The summed E-state index contributed by atoms with van der Waals surface area (Å²) in [5.41, 5.74) is 1.43. The first kappa shape index (κ1) is 12.2. The number of carboxylic acids is 1. The van der Waals surface area contributed by atoms with E-state index in [4.69, 9.17) is 5.11 Å². The minimum absolute atomic E-state index is 0.185. The number of aryl methyl sites for hydroxylation is 1. The molecule has 92 valence electrons. The van der Waals surface area contributed by atoms with E-state index < -0.39 is 5.97 Å². The first-order valence-electron chi connectivity index (χ1n) is 5.00. The number of carboxylic acid groups (broad SMARTS) is 1. The maximum Gasteiger partial charge on any atom is 0.335 e. The number of anilines is 1. The normalized spacial score (nSPS) is 10.1. The van der Waals surface area contributed by atoms with Crippen LogP contribution in [0.5, 0.6) is 0 Å². The number of rotatable bonds is 3. The molecule has 0 saturated heterocycles. The number of nitrogens with zero attached hydrogens (tertiary/aromatic N) is 2. The minimum Gasteiger partial charge on any atom is -0.478 e. The van der Waals surface area contributed by atoms with Gasteiger partial charge in [-0.3, -0.25) is 4.79 Å².